The molecular formula is C37H34N2O4S3. The van der Waals surface area contributed by atoms with Crippen molar-refractivity contribution in [1.29, 1.82) is 0 Å². The molecule has 6 nitrogen and oxygen atoms in total. The van der Waals surface area contributed by atoms with Crippen LogP contribution in [-0.2, 0) is 10.1 Å². The Morgan fingerprint density at radius 1 is 0.761 bits per heavy atom. The van der Waals surface area contributed by atoms with Gasteiger partial charge in [0.1, 0.15) is 28.5 Å². The van der Waals surface area contributed by atoms with Crippen LogP contribution in [0.5, 0.6) is 0 Å². The van der Waals surface area contributed by atoms with Crippen LogP contribution in [0.4, 0.5) is 5.69 Å². The lowest BCUT2D eigenvalue weighted by Crippen LogP contribution is -2.28. The smallest absolute Gasteiger partial charge is 0.203 e. The second-order valence-electron chi connectivity index (χ2n) is 11.0. The second kappa shape index (κ2) is 14.2. The highest BCUT2D eigenvalue weighted by Crippen LogP contribution is 2.42. The monoisotopic (exact) mass is 666 g/mol. The molecule has 4 aromatic rings. The zero-order valence-corrected chi connectivity index (χ0v) is 28.1. The quantitative estimate of drug-likeness (QED) is 0.0613. The van der Waals surface area contributed by atoms with Crippen molar-refractivity contribution in [2.75, 3.05) is 43.6 Å². The van der Waals surface area contributed by atoms with Crippen LogP contribution < -0.4 is 14.8 Å². The van der Waals surface area contributed by atoms with Crippen LogP contribution in [-0.4, -0.2) is 51.7 Å². The number of benzene rings is 5. The van der Waals surface area contributed by atoms with Crippen molar-refractivity contribution in [3.63, 3.8) is 0 Å². The Bertz CT molecular complexity index is 2110. The summed E-state index contributed by atoms with van der Waals surface area (Å²) in [5.41, 5.74) is 3.35. The lowest BCUT2D eigenvalue weighted by molar-refractivity contribution is 0.463. The summed E-state index contributed by atoms with van der Waals surface area (Å²) in [4.78, 5) is 4.39. The molecule has 0 bridgehead atoms. The lowest BCUT2D eigenvalue weighted by Gasteiger charge is -2.22. The standard InChI is InChI=1S/C37H34N2O4S3/c1-38(21-23-44-29-11-5-3-6-12-29)27-17-19-31-34(25-27)43-35-26-28(39(2)22-24-45-30-13-7-4-8-14-30)18-20-32(35)37(31)33-15-9-10-16-36(33)46(40,41)42/h3-20,25-26H,21-24H2,1-2H3. The van der Waals surface area contributed by atoms with E-state index in [1.807, 2.05) is 72.8 Å². The van der Waals surface area contributed by atoms with Gasteiger partial charge in [-0.3, -0.25) is 0 Å². The van der Waals surface area contributed by atoms with Gasteiger partial charge >= 0.3 is 0 Å². The number of fused-ring (bicyclic) bond motifs is 2. The van der Waals surface area contributed by atoms with Gasteiger partial charge in [0.2, 0.25) is 5.36 Å². The van der Waals surface area contributed by atoms with Crippen LogP contribution in [0.2, 0.25) is 0 Å². The third-order valence-electron chi connectivity index (χ3n) is 7.87. The van der Waals surface area contributed by atoms with Gasteiger partial charge in [0.15, 0.2) is 6.54 Å². The first kappa shape index (κ1) is 31.9. The Labute approximate surface area is 278 Å². The van der Waals surface area contributed by atoms with Crippen molar-refractivity contribution in [2.24, 2.45) is 0 Å². The minimum absolute atomic E-state index is 0.248. The van der Waals surface area contributed by atoms with Crippen molar-refractivity contribution in [2.45, 2.75) is 14.7 Å². The lowest BCUT2D eigenvalue weighted by atomic mass is 9.93. The highest BCUT2D eigenvalue weighted by Gasteiger charge is 2.22. The van der Waals surface area contributed by atoms with E-state index in [0.717, 1.165) is 46.6 Å². The van der Waals surface area contributed by atoms with Crippen molar-refractivity contribution in [3.8, 4) is 22.5 Å². The molecule has 234 valence electrons. The summed E-state index contributed by atoms with van der Waals surface area (Å²) in [5, 5.41) is 1.71. The zero-order chi connectivity index (χ0) is 32.1. The number of rotatable bonds is 11. The Balaban J connectivity index is 1.41. The van der Waals surface area contributed by atoms with Gasteiger partial charge in [0.25, 0.3) is 0 Å². The fraction of sp³-hybridized carbons (Fsp3) is 0.162. The van der Waals surface area contributed by atoms with Gasteiger partial charge in [0.05, 0.1) is 16.7 Å². The molecule has 0 N–H and O–H groups in total. The average molecular weight is 667 g/mol. The molecule has 0 spiro atoms. The molecule has 2 aliphatic rings. The maximum Gasteiger partial charge on any atom is 0.203 e. The van der Waals surface area contributed by atoms with Crippen LogP contribution in [0, 0.1) is 0 Å². The fourth-order valence-electron chi connectivity index (χ4n) is 5.42. The molecule has 4 aromatic carbocycles. The molecule has 6 rings (SSSR count). The minimum Gasteiger partial charge on any atom is -0.744 e. The van der Waals surface area contributed by atoms with E-state index in [9.17, 15) is 13.0 Å². The van der Waals surface area contributed by atoms with Gasteiger partial charge in [-0.2, -0.15) is 0 Å². The number of hydrogen-bond acceptors (Lipinski definition) is 7. The first-order chi connectivity index (χ1) is 22.3. The molecule has 0 amide bonds. The molecule has 1 heterocycles. The van der Waals surface area contributed by atoms with E-state index in [4.69, 9.17) is 4.42 Å². The predicted molar refractivity (Wildman–Crippen MR) is 190 cm³/mol. The van der Waals surface area contributed by atoms with E-state index in [0.29, 0.717) is 22.5 Å². The van der Waals surface area contributed by atoms with Crippen molar-refractivity contribution in [1.82, 2.24) is 4.58 Å². The molecule has 46 heavy (non-hydrogen) atoms. The molecule has 0 saturated heterocycles. The fourth-order valence-corrected chi connectivity index (χ4v) is 8.00. The largest absolute Gasteiger partial charge is 0.744 e. The van der Waals surface area contributed by atoms with E-state index < -0.39 is 10.1 Å². The van der Waals surface area contributed by atoms with Crippen molar-refractivity contribution >= 4 is 50.3 Å². The normalized spacial score (nSPS) is 12.4. The molecule has 1 aliphatic carbocycles. The Morgan fingerprint density at radius 3 is 2.11 bits per heavy atom. The highest BCUT2D eigenvalue weighted by atomic mass is 32.2. The van der Waals surface area contributed by atoms with Crippen LogP contribution in [0.25, 0.3) is 33.4 Å². The molecule has 0 radical (unpaired) electrons. The topological polar surface area (TPSA) is 76.6 Å². The predicted octanol–water partition coefficient (Wildman–Crippen LogP) is 7.53. The Morgan fingerprint density at radius 2 is 1.41 bits per heavy atom. The van der Waals surface area contributed by atoms with Gasteiger partial charge in [0, 0.05) is 69.0 Å². The second-order valence-corrected chi connectivity index (χ2v) is 14.6. The molecule has 0 saturated carbocycles. The molecule has 9 heteroatoms. The summed E-state index contributed by atoms with van der Waals surface area (Å²) in [6.45, 7) is 1.64. The first-order valence-electron chi connectivity index (χ1n) is 14.9. The van der Waals surface area contributed by atoms with Crippen LogP contribution in [0.3, 0.4) is 0 Å². The third kappa shape index (κ3) is 7.34. The van der Waals surface area contributed by atoms with Crippen LogP contribution in [0.15, 0.2) is 140 Å². The molecular weight excluding hydrogens is 633 g/mol. The summed E-state index contributed by atoms with van der Waals surface area (Å²) >= 11 is 3.61. The maximum absolute atomic E-state index is 12.4. The number of hydrogen-bond donors (Lipinski definition) is 0. The summed E-state index contributed by atoms with van der Waals surface area (Å²) in [6.07, 6.45) is 0. The van der Waals surface area contributed by atoms with E-state index >= 15 is 0 Å². The molecule has 1 aliphatic heterocycles. The number of nitrogens with zero attached hydrogens (tertiary/aromatic N) is 2. The third-order valence-corrected chi connectivity index (χ3v) is 10.8. The minimum atomic E-state index is -4.73. The summed E-state index contributed by atoms with van der Waals surface area (Å²) in [7, 11) is -0.630. The maximum atomic E-state index is 12.4. The summed E-state index contributed by atoms with van der Waals surface area (Å²) in [5.74, 6) is 2.43. The van der Waals surface area contributed by atoms with E-state index in [1.54, 1.807) is 41.7 Å². The van der Waals surface area contributed by atoms with E-state index in [1.165, 1.54) is 15.9 Å². The Hall–Kier alpha value is -4.02. The Kier molecular flexibility index (Phi) is 9.84. The van der Waals surface area contributed by atoms with Crippen LogP contribution in [0.1, 0.15) is 0 Å². The average Bonchev–Trinajstić information content (AvgIpc) is 3.07. The molecule has 0 fully saturated rings. The molecule has 0 unspecified atom stereocenters. The molecule has 0 aromatic heterocycles. The van der Waals surface area contributed by atoms with E-state index in [-0.39, 0.29) is 4.90 Å². The number of thioether (sulfide) groups is 2. The van der Waals surface area contributed by atoms with Gasteiger partial charge in [-0.15, -0.1) is 23.5 Å². The van der Waals surface area contributed by atoms with E-state index in [2.05, 4.69) is 47.8 Å². The van der Waals surface area contributed by atoms with Crippen molar-refractivity contribution < 1.29 is 17.4 Å². The molecule has 0 atom stereocenters. The SMILES string of the molecule is CN(CCSc1ccccc1)c1ccc2c(-c3ccccc3S(=O)(=O)[O-])c3ccc(=[N+](C)CCSc4ccccc4)cc-3oc2c1. The summed E-state index contributed by atoms with van der Waals surface area (Å²) < 4.78 is 45.9. The summed E-state index contributed by atoms with van der Waals surface area (Å²) in [6, 6.07) is 39.0. The van der Waals surface area contributed by atoms with Gasteiger partial charge < -0.3 is 13.9 Å². The van der Waals surface area contributed by atoms with Gasteiger partial charge in [-0.25, -0.2) is 13.0 Å². The first-order valence-corrected chi connectivity index (χ1v) is 18.3. The number of anilines is 1. The van der Waals surface area contributed by atoms with Crippen molar-refractivity contribution in [3.05, 3.63) is 127 Å². The van der Waals surface area contributed by atoms with Crippen LogP contribution >= 0.6 is 23.5 Å². The van der Waals surface area contributed by atoms with Gasteiger partial charge in [-0.05, 0) is 48.5 Å². The van der Waals surface area contributed by atoms with Gasteiger partial charge in [-0.1, -0.05) is 54.6 Å². The zero-order valence-electron chi connectivity index (χ0n) is 25.6. The highest BCUT2D eigenvalue weighted by molar-refractivity contribution is 7.99.